The average molecular weight is 408 g/mol. The maximum absolute atomic E-state index is 12.7. The van der Waals surface area contributed by atoms with Gasteiger partial charge < -0.3 is 20.5 Å². The van der Waals surface area contributed by atoms with E-state index in [0.717, 1.165) is 51.6 Å². The zero-order valence-electron chi connectivity index (χ0n) is 16.2. The summed E-state index contributed by atoms with van der Waals surface area (Å²) >= 11 is 0. The molecule has 1 atom stereocenters. The lowest BCUT2D eigenvalue weighted by atomic mass is 9.63. The third kappa shape index (κ3) is 4.66. The number of rotatable bonds is 4. The van der Waals surface area contributed by atoms with E-state index in [2.05, 4.69) is 0 Å². The number of hydrogen-bond donors (Lipinski definition) is 1. The standard InChI is InChI=1S/C21H28N2O4.ClH/c1-14(20(26)27)15-6-8-21(9-7-15)10-12-23(13-11-21)19(25)17-4-2-16(3-5-17)18(22)24;/h2-5,14-15H,6-13H2,1H3,(H2,22,24)(H,26,27);1H/p-1. The molecule has 2 amide bonds. The number of carboxylic acid groups (broad SMARTS) is 1. The fourth-order valence-electron chi connectivity index (χ4n) is 4.59. The molecule has 2 fully saturated rings. The van der Waals surface area contributed by atoms with Gasteiger partial charge in [-0.15, -0.1) is 12.4 Å². The van der Waals surface area contributed by atoms with E-state index in [1.165, 1.54) is 0 Å². The van der Waals surface area contributed by atoms with Crippen LogP contribution in [0.15, 0.2) is 24.3 Å². The minimum absolute atomic E-state index is 0. The van der Waals surface area contributed by atoms with Crippen LogP contribution in [0.5, 0.6) is 0 Å². The number of aliphatic carboxylic acids is 1. The summed E-state index contributed by atoms with van der Waals surface area (Å²) in [6, 6.07) is 6.47. The number of carboxylic acids is 1. The highest BCUT2D eigenvalue weighted by Gasteiger charge is 2.40. The number of likely N-dealkylation sites (tertiary alicyclic amines) is 1. The Morgan fingerprint density at radius 1 is 1.04 bits per heavy atom. The predicted molar refractivity (Wildman–Crippen MR) is 106 cm³/mol. The molecule has 2 N–H and O–H groups in total. The van der Waals surface area contributed by atoms with Gasteiger partial charge >= 0.3 is 0 Å². The molecule has 28 heavy (non-hydrogen) atoms. The maximum Gasteiger partial charge on any atom is 0.253 e. The van der Waals surface area contributed by atoms with E-state index in [4.69, 9.17) is 5.73 Å². The average Bonchev–Trinajstić information content (AvgIpc) is 2.68. The van der Waals surface area contributed by atoms with E-state index in [1.807, 2.05) is 4.90 Å². The molecule has 0 bridgehead atoms. The number of piperidine rings is 1. The van der Waals surface area contributed by atoms with Gasteiger partial charge in [0.15, 0.2) is 0 Å². The highest BCUT2D eigenvalue weighted by molar-refractivity contribution is 5.97. The number of amides is 2. The number of hydrogen-bond acceptors (Lipinski definition) is 4. The SMILES string of the molecule is CC(C(=O)[O-])C1CCC2(CC1)CCN(C(=O)c1ccc(C(N)=O)cc1)CC2.Cl. The monoisotopic (exact) mass is 407 g/mol. The summed E-state index contributed by atoms with van der Waals surface area (Å²) in [5, 5.41) is 11.1. The van der Waals surface area contributed by atoms with Crippen LogP contribution in [0.4, 0.5) is 0 Å². The van der Waals surface area contributed by atoms with Gasteiger partial charge in [-0.2, -0.15) is 0 Å². The van der Waals surface area contributed by atoms with Gasteiger partial charge in [-0.05, 0) is 80.0 Å². The number of nitrogens with two attached hydrogens (primary N) is 1. The Kier molecular flexibility index (Phi) is 7.10. The molecule has 1 unspecified atom stereocenters. The first-order valence-corrected chi connectivity index (χ1v) is 9.71. The zero-order chi connectivity index (χ0) is 19.6. The first kappa shape index (κ1) is 22.2. The topological polar surface area (TPSA) is 104 Å². The van der Waals surface area contributed by atoms with Crippen molar-refractivity contribution < 1.29 is 19.5 Å². The second-order valence-electron chi connectivity index (χ2n) is 8.18. The van der Waals surface area contributed by atoms with Gasteiger partial charge in [-0.1, -0.05) is 6.92 Å². The Morgan fingerprint density at radius 2 is 1.54 bits per heavy atom. The fourth-order valence-corrected chi connectivity index (χ4v) is 4.59. The number of primary amides is 1. The van der Waals surface area contributed by atoms with Gasteiger partial charge in [-0.3, -0.25) is 9.59 Å². The molecular formula is C21H28ClN2O4-. The largest absolute Gasteiger partial charge is 0.550 e. The van der Waals surface area contributed by atoms with Crippen molar-refractivity contribution in [3.05, 3.63) is 35.4 Å². The molecule has 3 rings (SSSR count). The van der Waals surface area contributed by atoms with E-state index < -0.39 is 11.9 Å². The van der Waals surface area contributed by atoms with Crippen LogP contribution >= 0.6 is 12.4 Å². The van der Waals surface area contributed by atoms with Gasteiger partial charge in [-0.25, -0.2) is 0 Å². The van der Waals surface area contributed by atoms with Crippen molar-refractivity contribution in [3.8, 4) is 0 Å². The summed E-state index contributed by atoms with van der Waals surface area (Å²) in [7, 11) is 0. The summed E-state index contributed by atoms with van der Waals surface area (Å²) in [6.45, 7) is 3.19. The first-order valence-electron chi connectivity index (χ1n) is 9.71. The lowest BCUT2D eigenvalue weighted by Gasteiger charge is -2.47. The Labute approximate surface area is 171 Å². The molecular weight excluding hydrogens is 380 g/mol. The molecule has 154 valence electrons. The molecule has 2 aliphatic rings. The molecule has 1 saturated heterocycles. The normalized spacial score (nSPS) is 20.2. The second-order valence-corrected chi connectivity index (χ2v) is 8.18. The van der Waals surface area contributed by atoms with Crippen molar-refractivity contribution in [3.63, 3.8) is 0 Å². The van der Waals surface area contributed by atoms with Gasteiger partial charge in [0.2, 0.25) is 5.91 Å². The first-order chi connectivity index (χ1) is 12.8. The molecule has 1 aromatic carbocycles. The van der Waals surface area contributed by atoms with Crippen molar-refractivity contribution in [1.82, 2.24) is 4.90 Å². The molecule has 1 saturated carbocycles. The summed E-state index contributed by atoms with van der Waals surface area (Å²) < 4.78 is 0. The Morgan fingerprint density at radius 3 is 2.00 bits per heavy atom. The number of halogens is 1. The van der Waals surface area contributed by atoms with E-state index in [1.54, 1.807) is 31.2 Å². The number of benzene rings is 1. The summed E-state index contributed by atoms with van der Waals surface area (Å²) in [4.78, 5) is 36.8. The molecule has 1 spiro atoms. The number of nitrogens with zero attached hydrogens (tertiary/aromatic N) is 1. The molecule has 7 heteroatoms. The van der Waals surface area contributed by atoms with Crippen molar-refractivity contribution >= 4 is 30.2 Å². The van der Waals surface area contributed by atoms with Crippen LogP contribution in [0, 0.1) is 17.3 Å². The van der Waals surface area contributed by atoms with Crippen LogP contribution in [0.3, 0.4) is 0 Å². The van der Waals surface area contributed by atoms with E-state index in [-0.39, 0.29) is 35.6 Å². The van der Waals surface area contributed by atoms with Gasteiger partial charge in [0, 0.05) is 30.2 Å². The number of carbonyl (C=O) groups excluding carboxylic acids is 3. The second kappa shape index (κ2) is 8.95. The molecule has 6 nitrogen and oxygen atoms in total. The van der Waals surface area contributed by atoms with Crippen LogP contribution in [0.2, 0.25) is 0 Å². The van der Waals surface area contributed by atoms with Crippen LogP contribution in [0.1, 0.15) is 66.2 Å². The lowest BCUT2D eigenvalue weighted by Crippen LogP contribution is -2.45. The summed E-state index contributed by atoms with van der Waals surface area (Å²) in [6.07, 6.45) is 5.85. The third-order valence-electron chi connectivity index (χ3n) is 6.70. The minimum atomic E-state index is -0.946. The van der Waals surface area contributed by atoms with Crippen molar-refractivity contribution in [2.75, 3.05) is 13.1 Å². The minimum Gasteiger partial charge on any atom is -0.550 e. The fraction of sp³-hybridized carbons (Fsp3) is 0.571. The number of carbonyl (C=O) groups is 3. The van der Waals surface area contributed by atoms with E-state index in [9.17, 15) is 19.5 Å². The van der Waals surface area contributed by atoms with Crippen LogP contribution in [-0.2, 0) is 4.79 Å². The van der Waals surface area contributed by atoms with Crippen LogP contribution in [0.25, 0.3) is 0 Å². The highest BCUT2D eigenvalue weighted by atomic mass is 35.5. The van der Waals surface area contributed by atoms with Gasteiger partial charge in [0.25, 0.3) is 5.91 Å². The Balaban J connectivity index is 0.00000280. The third-order valence-corrected chi connectivity index (χ3v) is 6.70. The Bertz CT molecular complexity index is 716. The molecule has 1 aromatic rings. The van der Waals surface area contributed by atoms with E-state index in [0.29, 0.717) is 11.1 Å². The molecule has 0 radical (unpaired) electrons. The summed E-state index contributed by atoms with van der Waals surface area (Å²) in [5.74, 6) is -1.63. The molecule has 1 aliphatic carbocycles. The quantitative estimate of drug-likeness (QED) is 0.824. The van der Waals surface area contributed by atoms with Crippen molar-refractivity contribution in [2.45, 2.75) is 45.4 Å². The van der Waals surface area contributed by atoms with E-state index >= 15 is 0 Å². The molecule has 1 heterocycles. The van der Waals surface area contributed by atoms with Crippen LogP contribution in [-0.4, -0.2) is 35.8 Å². The van der Waals surface area contributed by atoms with Crippen LogP contribution < -0.4 is 10.8 Å². The van der Waals surface area contributed by atoms with Gasteiger partial charge in [0.1, 0.15) is 0 Å². The zero-order valence-corrected chi connectivity index (χ0v) is 17.0. The highest BCUT2D eigenvalue weighted by Crippen LogP contribution is 2.47. The van der Waals surface area contributed by atoms with Gasteiger partial charge in [0.05, 0.1) is 0 Å². The maximum atomic E-state index is 12.7. The Hall–Kier alpha value is -2.08. The van der Waals surface area contributed by atoms with Crippen molar-refractivity contribution in [2.24, 2.45) is 23.0 Å². The molecule has 0 aromatic heterocycles. The summed E-state index contributed by atoms with van der Waals surface area (Å²) in [5.41, 5.74) is 6.45. The lowest BCUT2D eigenvalue weighted by molar-refractivity contribution is -0.313. The molecule has 1 aliphatic heterocycles. The van der Waals surface area contributed by atoms with Crippen molar-refractivity contribution in [1.29, 1.82) is 0 Å². The predicted octanol–water partition coefficient (Wildman–Crippen LogP) is 2.01. The smallest absolute Gasteiger partial charge is 0.253 e.